The molecule has 0 N–H and O–H groups in total. The molecule has 0 aliphatic rings. The van der Waals surface area contributed by atoms with E-state index < -0.39 is 9.52 Å². The van der Waals surface area contributed by atoms with Crippen molar-refractivity contribution < 1.29 is 18.9 Å². The van der Waals surface area contributed by atoms with Crippen molar-refractivity contribution in [2.24, 2.45) is 0 Å². The lowest BCUT2D eigenvalue weighted by Crippen LogP contribution is -2.25. The summed E-state index contributed by atoms with van der Waals surface area (Å²) in [7, 11) is 6.04. The molecule has 0 saturated heterocycles. The van der Waals surface area contributed by atoms with Crippen LogP contribution in [0.1, 0.15) is 23.6 Å². The van der Waals surface area contributed by atoms with Crippen molar-refractivity contribution in [3.8, 4) is 0 Å². The predicted octanol–water partition coefficient (Wildman–Crippen LogP) is 1.20. The van der Waals surface area contributed by atoms with Gasteiger partial charge in [0.1, 0.15) is 11.8 Å². The zero-order valence-corrected chi connectivity index (χ0v) is 17.3. The van der Waals surface area contributed by atoms with Crippen LogP contribution in [0.25, 0.3) is 0 Å². The first-order valence-corrected chi connectivity index (χ1v) is 11.3. The molecule has 0 amide bonds. The summed E-state index contributed by atoms with van der Waals surface area (Å²) in [5, 5.41) is 0. The van der Waals surface area contributed by atoms with E-state index in [2.05, 4.69) is 31.2 Å². The minimum atomic E-state index is -0.480. The predicted molar refractivity (Wildman–Crippen MR) is 96.1 cm³/mol. The Kier molecular flexibility index (Phi) is 9.85. The molecule has 22 heavy (non-hydrogen) atoms. The van der Waals surface area contributed by atoms with Crippen molar-refractivity contribution in [2.45, 2.75) is 36.8 Å². The molecule has 126 valence electrons. The van der Waals surface area contributed by atoms with Gasteiger partial charge in [-0.2, -0.15) is 0 Å². The van der Waals surface area contributed by atoms with Gasteiger partial charge in [0, 0.05) is 28.4 Å². The molecule has 1 atom stereocenters. The van der Waals surface area contributed by atoms with Crippen LogP contribution in [0.2, 0.25) is 6.04 Å². The van der Waals surface area contributed by atoms with Crippen LogP contribution >= 0.6 is 0 Å². The van der Waals surface area contributed by atoms with Crippen LogP contribution in [0.15, 0.2) is 24.3 Å². The lowest BCUT2D eigenvalue weighted by atomic mass is 10.1. The van der Waals surface area contributed by atoms with Gasteiger partial charge < -0.3 is 18.9 Å². The Labute approximate surface area is 139 Å². The van der Waals surface area contributed by atoms with E-state index in [1.54, 1.807) is 28.4 Å². The number of aryl methyl sites for hydroxylation is 1. The van der Waals surface area contributed by atoms with Crippen LogP contribution in [0.5, 0.6) is 0 Å². The first-order valence-electron chi connectivity index (χ1n) is 7.84. The molecule has 0 spiro atoms. The van der Waals surface area contributed by atoms with E-state index in [1.807, 2.05) is 0 Å². The van der Waals surface area contributed by atoms with Gasteiger partial charge in [0.05, 0.1) is 19.0 Å². The molecule has 1 unspecified atom stereocenters. The molecule has 1 aromatic rings. The van der Waals surface area contributed by atoms with Crippen LogP contribution < -0.4 is 0 Å². The van der Waals surface area contributed by atoms with Gasteiger partial charge in [-0.1, -0.05) is 37.2 Å². The summed E-state index contributed by atoms with van der Waals surface area (Å²) in [4.78, 5) is 0. The standard InChI is InChI=1S/C16H30O4Si2/c1-12(22-16(19-4)20-5)14-8-6-7-13(11-14)9-10-21-15(17-2)18-3/h6-8,11-12,15-16H,9-10,21-22H2,1-5H3. The SMILES string of the molecule is COC(OC)[SiH2]CCc1cccc(C(C)[SiH2]C(OC)OC)c1. The van der Waals surface area contributed by atoms with E-state index in [0.29, 0.717) is 5.54 Å². The lowest BCUT2D eigenvalue weighted by molar-refractivity contribution is -0.0447. The monoisotopic (exact) mass is 342 g/mol. The second kappa shape index (κ2) is 11.1. The van der Waals surface area contributed by atoms with E-state index in [-0.39, 0.29) is 21.3 Å². The largest absolute Gasteiger partial charge is 0.360 e. The molecular weight excluding hydrogens is 312 g/mol. The summed E-state index contributed by atoms with van der Waals surface area (Å²) in [6.07, 6.45) is 1.11. The molecule has 0 aliphatic heterocycles. The second-order valence-corrected chi connectivity index (χ2v) is 9.89. The van der Waals surface area contributed by atoms with Crippen LogP contribution in [-0.2, 0) is 25.4 Å². The van der Waals surface area contributed by atoms with Gasteiger partial charge in [-0.15, -0.1) is 0 Å². The Hall–Kier alpha value is -0.506. The molecule has 0 fully saturated rings. The third kappa shape index (κ3) is 6.72. The van der Waals surface area contributed by atoms with Gasteiger partial charge in [0.25, 0.3) is 0 Å². The van der Waals surface area contributed by atoms with Gasteiger partial charge in [-0.3, -0.25) is 0 Å². The van der Waals surface area contributed by atoms with E-state index in [9.17, 15) is 0 Å². The van der Waals surface area contributed by atoms with Crippen LogP contribution in [0, 0.1) is 0 Å². The average molecular weight is 343 g/mol. The Bertz CT molecular complexity index is 409. The Balaban J connectivity index is 2.54. The first kappa shape index (κ1) is 19.5. The summed E-state index contributed by atoms with van der Waals surface area (Å²) in [6.45, 7) is 2.27. The van der Waals surface area contributed by atoms with Crippen molar-refractivity contribution in [3.63, 3.8) is 0 Å². The Morgan fingerprint density at radius 1 is 0.955 bits per heavy atom. The molecule has 1 aromatic carbocycles. The van der Waals surface area contributed by atoms with E-state index in [0.717, 1.165) is 6.42 Å². The van der Waals surface area contributed by atoms with Crippen LogP contribution in [-0.4, -0.2) is 59.3 Å². The Morgan fingerprint density at radius 2 is 1.59 bits per heavy atom. The normalized spacial score (nSPS) is 14.1. The maximum absolute atomic E-state index is 5.36. The third-order valence-electron chi connectivity index (χ3n) is 4.02. The van der Waals surface area contributed by atoms with Gasteiger partial charge in [-0.25, -0.2) is 0 Å². The average Bonchev–Trinajstić information content (AvgIpc) is 2.56. The van der Waals surface area contributed by atoms with Crippen molar-refractivity contribution in [2.75, 3.05) is 28.4 Å². The molecular formula is C16H30O4Si2. The minimum absolute atomic E-state index is 0.00442. The van der Waals surface area contributed by atoms with Gasteiger partial charge in [-0.05, 0) is 23.1 Å². The summed E-state index contributed by atoms with van der Waals surface area (Å²) < 4.78 is 21.3. The first-order chi connectivity index (χ1) is 10.6. The summed E-state index contributed by atoms with van der Waals surface area (Å²) in [6, 6.07) is 10.1. The van der Waals surface area contributed by atoms with Crippen LogP contribution in [0.3, 0.4) is 0 Å². The molecule has 0 saturated carbocycles. The van der Waals surface area contributed by atoms with Crippen molar-refractivity contribution in [1.29, 1.82) is 0 Å². The van der Waals surface area contributed by atoms with Gasteiger partial charge in [0.2, 0.25) is 0 Å². The fourth-order valence-corrected chi connectivity index (χ4v) is 5.48. The molecule has 1 rings (SSSR count). The molecule has 4 nitrogen and oxygen atoms in total. The highest BCUT2D eigenvalue weighted by atomic mass is 28.2. The fourth-order valence-electron chi connectivity index (χ4n) is 2.57. The molecule has 0 radical (unpaired) electrons. The molecule has 0 aromatic heterocycles. The second-order valence-electron chi connectivity index (χ2n) is 5.58. The summed E-state index contributed by atoms with van der Waals surface area (Å²) in [5.74, 6) is 0.0360. The van der Waals surface area contributed by atoms with E-state index >= 15 is 0 Å². The minimum Gasteiger partial charge on any atom is -0.360 e. The van der Waals surface area contributed by atoms with Crippen molar-refractivity contribution >= 4 is 19.0 Å². The lowest BCUT2D eigenvalue weighted by Gasteiger charge is -2.18. The Morgan fingerprint density at radius 3 is 2.18 bits per heavy atom. The van der Waals surface area contributed by atoms with Crippen molar-refractivity contribution in [1.82, 2.24) is 0 Å². The number of hydrogen-bond acceptors (Lipinski definition) is 4. The smallest absolute Gasteiger partial charge is 0.134 e. The van der Waals surface area contributed by atoms with Gasteiger partial charge >= 0.3 is 0 Å². The molecule has 6 heteroatoms. The highest BCUT2D eigenvalue weighted by Crippen LogP contribution is 2.18. The number of methoxy groups -OCH3 is 4. The highest BCUT2D eigenvalue weighted by Gasteiger charge is 2.14. The number of rotatable bonds is 11. The fraction of sp³-hybridized carbons (Fsp3) is 0.625. The molecule has 0 aliphatic carbocycles. The molecule has 0 bridgehead atoms. The van der Waals surface area contributed by atoms with Gasteiger partial charge in [0.15, 0.2) is 0 Å². The topological polar surface area (TPSA) is 36.9 Å². The zero-order valence-electron chi connectivity index (χ0n) is 14.5. The molecule has 0 heterocycles. The van der Waals surface area contributed by atoms with Crippen molar-refractivity contribution in [3.05, 3.63) is 35.4 Å². The zero-order chi connectivity index (χ0) is 16.4. The van der Waals surface area contributed by atoms with E-state index in [1.165, 1.54) is 17.2 Å². The summed E-state index contributed by atoms with van der Waals surface area (Å²) >= 11 is 0. The maximum atomic E-state index is 5.36. The quantitative estimate of drug-likeness (QED) is 0.447. The van der Waals surface area contributed by atoms with E-state index in [4.69, 9.17) is 18.9 Å². The maximum Gasteiger partial charge on any atom is 0.134 e. The number of hydrogen-bond donors (Lipinski definition) is 0. The summed E-state index contributed by atoms with van der Waals surface area (Å²) in [5.41, 5.74) is 3.36. The number of benzene rings is 1. The third-order valence-corrected chi connectivity index (χ3v) is 8.15. The van der Waals surface area contributed by atoms with Crippen LogP contribution in [0.4, 0.5) is 0 Å². The highest BCUT2D eigenvalue weighted by molar-refractivity contribution is 6.38. The number of ether oxygens (including phenoxy) is 4.